The van der Waals surface area contributed by atoms with E-state index in [9.17, 15) is 26.4 Å². The molecule has 0 saturated carbocycles. The Kier molecular flexibility index (Phi) is 6.70. The molecule has 0 aliphatic heterocycles. The van der Waals surface area contributed by atoms with Crippen molar-refractivity contribution in [2.24, 2.45) is 5.73 Å². The summed E-state index contributed by atoms with van der Waals surface area (Å²) >= 11 is 0. The topological polar surface area (TPSA) is 135 Å². The van der Waals surface area contributed by atoms with Gasteiger partial charge in [-0.15, -0.1) is 0 Å². The van der Waals surface area contributed by atoms with Gasteiger partial charge in [0.15, 0.2) is 4.87 Å². The van der Waals surface area contributed by atoms with Crippen LogP contribution >= 0.6 is 0 Å². The first-order chi connectivity index (χ1) is 15.4. The van der Waals surface area contributed by atoms with Gasteiger partial charge in [-0.2, -0.15) is 13.2 Å². The van der Waals surface area contributed by atoms with Crippen LogP contribution in [0, 0.1) is 0 Å². The number of alkyl halides is 3. The summed E-state index contributed by atoms with van der Waals surface area (Å²) in [5.74, 6) is -1.09. The molecule has 8 nitrogen and oxygen atoms in total. The molecule has 2 aromatic heterocycles. The molecule has 12 heteroatoms. The van der Waals surface area contributed by atoms with Gasteiger partial charge in [-0.25, -0.2) is 13.4 Å². The van der Waals surface area contributed by atoms with E-state index in [4.69, 9.17) is 10.8 Å². The molecular weight excluding hydrogens is 461 g/mol. The number of nitrogens with zero attached hydrogens (tertiary/aromatic N) is 2. The zero-order valence-electron chi connectivity index (χ0n) is 17.0. The average molecular weight is 480 g/mol. The lowest BCUT2D eigenvalue weighted by atomic mass is 10.0. The molecule has 2 heterocycles. The molecule has 0 bridgehead atoms. The van der Waals surface area contributed by atoms with Crippen molar-refractivity contribution < 1.29 is 31.5 Å². The number of aliphatic carboxylic acids is 1. The summed E-state index contributed by atoms with van der Waals surface area (Å²) in [5, 5.41) is 11.4. The van der Waals surface area contributed by atoms with Gasteiger partial charge >= 0.3 is 12.1 Å². The summed E-state index contributed by atoms with van der Waals surface area (Å²) in [6, 6.07) is 10.9. The third-order valence-corrected chi connectivity index (χ3v) is 6.95. The fourth-order valence-corrected chi connectivity index (χ4v) is 4.71. The lowest BCUT2D eigenvalue weighted by Crippen LogP contribution is -2.47. The molecule has 1 atom stereocenters. The van der Waals surface area contributed by atoms with E-state index in [0.717, 1.165) is 30.5 Å². The van der Waals surface area contributed by atoms with Crippen molar-refractivity contribution >= 4 is 21.6 Å². The Morgan fingerprint density at radius 1 is 1.06 bits per heavy atom. The minimum atomic E-state index is -4.55. The molecule has 1 aromatic carbocycles. The number of halogens is 3. The highest BCUT2D eigenvalue weighted by molar-refractivity contribution is 7.92. The highest BCUT2D eigenvalue weighted by atomic mass is 32.2. The molecule has 0 radical (unpaired) electrons. The number of pyridine rings is 2. The summed E-state index contributed by atoms with van der Waals surface area (Å²) in [6.45, 7) is -0.470. The van der Waals surface area contributed by atoms with Crippen molar-refractivity contribution in [1.82, 2.24) is 9.97 Å². The molecule has 0 aliphatic rings. The quantitative estimate of drug-likeness (QED) is 0.448. The third-order valence-electron chi connectivity index (χ3n) is 4.78. The van der Waals surface area contributed by atoms with Crippen molar-refractivity contribution in [2.75, 3.05) is 11.9 Å². The highest BCUT2D eigenvalue weighted by Gasteiger charge is 2.45. The van der Waals surface area contributed by atoms with Gasteiger partial charge in [0.2, 0.25) is 9.84 Å². The van der Waals surface area contributed by atoms with E-state index in [1.807, 2.05) is 0 Å². The smallest absolute Gasteiger partial charge is 0.416 e. The number of sulfone groups is 1. The Bertz CT molecular complexity index is 1240. The second kappa shape index (κ2) is 9.16. The molecule has 0 aliphatic carbocycles. The van der Waals surface area contributed by atoms with Crippen LogP contribution in [0.4, 0.5) is 19.0 Å². The Hall–Kier alpha value is -3.51. The minimum Gasteiger partial charge on any atom is -0.480 e. The van der Waals surface area contributed by atoms with E-state index in [0.29, 0.717) is 0 Å². The molecule has 4 N–H and O–H groups in total. The maximum atomic E-state index is 13.6. The van der Waals surface area contributed by atoms with Gasteiger partial charge in [-0.1, -0.05) is 18.2 Å². The SMILES string of the molecule is NC(Cc1ccc(C(F)(F)F)cc1)(c1cccc(NCC(=O)O)n1)S(=O)(=O)c1cccnc1. The number of rotatable bonds is 8. The summed E-state index contributed by atoms with van der Waals surface area (Å²) in [4.78, 5) is 16.4. The van der Waals surface area contributed by atoms with Crippen LogP contribution in [0.5, 0.6) is 0 Å². The number of aromatic nitrogens is 2. The number of hydrogen-bond acceptors (Lipinski definition) is 7. The summed E-state index contributed by atoms with van der Waals surface area (Å²) in [6.07, 6.45) is -2.47. The number of anilines is 1. The van der Waals surface area contributed by atoms with Crippen LogP contribution < -0.4 is 11.1 Å². The number of carbonyl (C=O) groups is 1. The standard InChI is InChI=1S/C21H19F3N4O4S/c22-21(23,24)15-8-6-14(7-9-15)11-20(25,33(31,32)16-3-2-10-26-12-16)17-4-1-5-18(28-17)27-13-19(29)30/h1-10,12H,11,13,25H2,(H,27,28)(H,29,30). The highest BCUT2D eigenvalue weighted by Crippen LogP contribution is 2.35. The zero-order valence-corrected chi connectivity index (χ0v) is 17.8. The first-order valence-corrected chi connectivity index (χ1v) is 10.9. The molecule has 174 valence electrons. The summed E-state index contributed by atoms with van der Waals surface area (Å²) < 4.78 is 65.9. The molecule has 33 heavy (non-hydrogen) atoms. The van der Waals surface area contributed by atoms with Crippen LogP contribution in [0.1, 0.15) is 16.8 Å². The van der Waals surface area contributed by atoms with E-state index in [1.54, 1.807) is 0 Å². The van der Waals surface area contributed by atoms with E-state index in [2.05, 4.69) is 15.3 Å². The lowest BCUT2D eigenvalue weighted by Gasteiger charge is -2.29. The Labute approximate surface area is 187 Å². The molecule has 3 rings (SSSR count). The number of benzene rings is 1. The summed E-state index contributed by atoms with van der Waals surface area (Å²) in [5.41, 5.74) is 5.68. The van der Waals surface area contributed by atoms with Crippen LogP contribution in [0.2, 0.25) is 0 Å². The van der Waals surface area contributed by atoms with E-state index in [-0.39, 0.29) is 22.0 Å². The average Bonchev–Trinajstić information content (AvgIpc) is 2.78. The van der Waals surface area contributed by atoms with Gasteiger partial charge < -0.3 is 16.2 Å². The second-order valence-corrected chi connectivity index (χ2v) is 9.32. The van der Waals surface area contributed by atoms with Crippen LogP contribution in [0.3, 0.4) is 0 Å². The van der Waals surface area contributed by atoms with Gasteiger partial charge in [-0.05, 0) is 42.0 Å². The number of carboxylic acid groups (broad SMARTS) is 1. The minimum absolute atomic E-state index is 0.0681. The Balaban J connectivity index is 2.09. The normalized spacial score (nSPS) is 13.8. The van der Waals surface area contributed by atoms with E-state index < -0.39 is 45.4 Å². The zero-order chi connectivity index (χ0) is 24.3. The van der Waals surface area contributed by atoms with Crippen LogP contribution in [-0.4, -0.2) is 36.0 Å². The maximum absolute atomic E-state index is 13.6. The first-order valence-electron chi connectivity index (χ1n) is 9.46. The van der Waals surface area contributed by atoms with Crippen LogP contribution in [0.15, 0.2) is 71.9 Å². The van der Waals surface area contributed by atoms with Crippen molar-refractivity contribution in [2.45, 2.75) is 22.4 Å². The molecule has 3 aromatic rings. The van der Waals surface area contributed by atoms with E-state index in [1.165, 1.54) is 36.5 Å². The Morgan fingerprint density at radius 3 is 2.33 bits per heavy atom. The van der Waals surface area contributed by atoms with Crippen molar-refractivity contribution in [3.05, 3.63) is 83.8 Å². The van der Waals surface area contributed by atoms with Gasteiger partial charge in [0.25, 0.3) is 0 Å². The van der Waals surface area contributed by atoms with Crippen molar-refractivity contribution in [3.63, 3.8) is 0 Å². The van der Waals surface area contributed by atoms with Crippen molar-refractivity contribution in [1.29, 1.82) is 0 Å². The predicted octanol–water partition coefficient (Wildman–Crippen LogP) is 2.82. The fraction of sp³-hybridized carbons (Fsp3) is 0.190. The fourth-order valence-electron chi connectivity index (χ4n) is 3.09. The largest absolute Gasteiger partial charge is 0.480 e. The van der Waals surface area contributed by atoms with Crippen LogP contribution in [-0.2, 0) is 32.1 Å². The predicted molar refractivity (Wildman–Crippen MR) is 113 cm³/mol. The van der Waals surface area contributed by atoms with Gasteiger partial charge in [0, 0.05) is 18.8 Å². The number of hydrogen-bond donors (Lipinski definition) is 3. The molecule has 1 unspecified atom stereocenters. The molecule has 0 spiro atoms. The van der Waals surface area contributed by atoms with Crippen LogP contribution in [0.25, 0.3) is 0 Å². The maximum Gasteiger partial charge on any atom is 0.416 e. The molecule has 0 fully saturated rings. The number of nitrogens with two attached hydrogens (primary N) is 1. The van der Waals surface area contributed by atoms with Gasteiger partial charge in [0.05, 0.1) is 16.2 Å². The number of nitrogens with one attached hydrogen (secondary N) is 1. The third kappa shape index (κ3) is 5.29. The second-order valence-electron chi connectivity index (χ2n) is 7.11. The Morgan fingerprint density at radius 2 is 1.76 bits per heavy atom. The molecule has 0 amide bonds. The number of carboxylic acids is 1. The van der Waals surface area contributed by atoms with E-state index >= 15 is 0 Å². The monoisotopic (exact) mass is 480 g/mol. The molecule has 0 saturated heterocycles. The van der Waals surface area contributed by atoms with Gasteiger partial charge in [-0.3, -0.25) is 9.78 Å². The van der Waals surface area contributed by atoms with Crippen molar-refractivity contribution in [3.8, 4) is 0 Å². The summed E-state index contributed by atoms with van der Waals surface area (Å²) in [7, 11) is -4.35. The first kappa shape index (κ1) is 24.1. The lowest BCUT2D eigenvalue weighted by molar-refractivity contribution is -0.137. The molecular formula is C21H19F3N4O4S. The van der Waals surface area contributed by atoms with Gasteiger partial charge in [0.1, 0.15) is 12.4 Å².